The zero-order valence-electron chi connectivity index (χ0n) is 12.4. The Balaban J connectivity index is 1.70. The fraction of sp³-hybridized carbons (Fsp3) is 0.176. The maximum Gasteiger partial charge on any atom is 0.265 e. The Kier molecular flexibility index (Phi) is 3.97. The fourth-order valence-electron chi connectivity index (χ4n) is 2.44. The van der Waals surface area contributed by atoms with Gasteiger partial charge in [-0.3, -0.25) is 9.59 Å². The lowest BCUT2D eigenvalue weighted by molar-refractivity contribution is -0.122. The molecular weight excluding hydrogens is 299 g/mol. The van der Waals surface area contributed by atoms with Crippen LogP contribution in [0.25, 0.3) is 0 Å². The molecule has 118 valence electrons. The van der Waals surface area contributed by atoms with Crippen LogP contribution in [-0.4, -0.2) is 17.9 Å². The lowest BCUT2D eigenvalue weighted by Crippen LogP contribution is -2.31. The molecule has 0 saturated carbocycles. The minimum atomic E-state index is -0.623. The molecular formula is C17H15FN2O3. The molecule has 2 amide bonds. The number of carbonyl (C=O) groups is 2. The molecule has 1 atom stereocenters. The van der Waals surface area contributed by atoms with Gasteiger partial charge >= 0.3 is 0 Å². The third kappa shape index (κ3) is 3.31. The number of hydrogen-bond donors (Lipinski definition) is 2. The van der Waals surface area contributed by atoms with E-state index in [1.54, 1.807) is 0 Å². The summed E-state index contributed by atoms with van der Waals surface area (Å²) in [5.74, 6) is -0.572. The summed E-state index contributed by atoms with van der Waals surface area (Å²) in [6.07, 6.45) is -0.136. The van der Waals surface area contributed by atoms with Crippen molar-refractivity contribution in [3.63, 3.8) is 0 Å². The van der Waals surface area contributed by atoms with Crippen molar-refractivity contribution in [2.24, 2.45) is 0 Å². The van der Waals surface area contributed by atoms with Crippen molar-refractivity contribution >= 4 is 23.2 Å². The van der Waals surface area contributed by atoms with Crippen molar-refractivity contribution in [1.29, 1.82) is 0 Å². The number of hydrogen-bond acceptors (Lipinski definition) is 3. The second-order valence-corrected chi connectivity index (χ2v) is 5.28. The van der Waals surface area contributed by atoms with Crippen molar-refractivity contribution in [2.45, 2.75) is 19.4 Å². The highest BCUT2D eigenvalue weighted by Crippen LogP contribution is 2.29. The highest BCUT2D eigenvalue weighted by molar-refractivity contribution is 5.96. The lowest BCUT2D eigenvalue weighted by Gasteiger charge is -2.12. The SMILES string of the molecule is CC(=O)Nc1cc(NC(=O)[C@@H]2Cc3ccccc3O2)ccc1F. The molecule has 0 saturated heterocycles. The summed E-state index contributed by atoms with van der Waals surface area (Å²) in [7, 11) is 0. The molecule has 0 radical (unpaired) electrons. The largest absolute Gasteiger partial charge is 0.480 e. The first-order valence-corrected chi connectivity index (χ1v) is 7.15. The van der Waals surface area contributed by atoms with Crippen LogP contribution in [0.1, 0.15) is 12.5 Å². The van der Waals surface area contributed by atoms with Crippen LogP contribution < -0.4 is 15.4 Å². The van der Waals surface area contributed by atoms with E-state index in [0.29, 0.717) is 17.9 Å². The number of ether oxygens (including phenoxy) is 1. The molecule has 6 heteroatoms. The average molecular weight is 314 g/mol. The minimum Gasteiger partial charge on any atom is -0.480 e. The molecule has 0 fully saturated rings. The van der Waals surface area contributed by atoms with Gasteiger partial charge in [-0.2, -0.15) is 0 Å². The topological polar surface area (TPSA) is 67.4 Å². The van der Waals surface area contributed by atoms with Crippen LogP contribution in [0, 0.1) is 5.82 Å². The molecule has 2 aromatic rings. The summed E-state index contributed by atoms with van der Waals surface area (Å²) in [5.41, 5.74) is 1.39. The Bertz CT molecular complexity index is 751. The summed E-state index contributed by atoms with van der Waals surface area (Å²) in [6.45, 7) is 1.29. The monoisotopic (exact) mass is 314 g/mol. The molecule has 1 aliphatic heterocycles. The maximum absolute atomic E-state index is 13.6. The zero-order valence-corrected chi connectivity index (χ0v) is 12.4. The quantitative estimate of drug-likeness (QED) is 0.915. The van der Waals surface area contributed by atoms with Gasteiger partial charge < -0.3 is 15.4 Å². The highest BCUT2D eigenvalue weighted by atomic mass is 19.1. The van der Waals surface area contributed by atoms with Gasteiger partial charge in [-0.25, -0.2) is 4.39 Å². The van der Waals surface area contributed by atoms with Crippen molar-refractivity contribution in [3.8, 4) is 5.75 Å². The van der Waals surface area contributed by atoms with Gasteiger partial charge in [0.25, 0.3) is 5.91 Å². The summed E-state index contributed by atoms with van der Waals surface area (Å²) in [5, 5.41) is 5.05. The third-order valence-electron chi connectivity index (χ3n) is 3.48. The van der Waals surface area contributed by atoms with E-state index in [0.717, 1.165) is 5.56 Å². The first-order valence-electron chi connectivity index (χ1n) is 7.15. The zero-order chi connectivity index (χ0) is 16.4. The number of halogens is 1. The van der Waals surface area contributed by atoms with Crippen LogP contribution in [0.15, 0.2) is 42.5 Å². The number of fused-ring (bicyclic) bond motifs is 1. The molecule has 0 aliphatic carbocycles. The average Bonchev–Trinajstić information content (AvgIpc) is 2.94. The molecule has 1 aliphatic rings. The smallest absolute Gasteiger partial charge is 0.265 e. The molecule has 0 unspecified atom stereocenters. The van der Waals surface area contributed by atoms with Crippen LogP contribution in [0.4, 0.5) is 15.8 Å². The predicted octanol–water partition coefficient (Wildman–Crippen LogP) is 2.73. The molecule has 23 heavy (non-hydrogen) atoms. The van der Waals surface area contributed by atoms with Crippen LogP contribution in [-0.2, 0) is 16.0 Å². The van der Waals surface area contributed by atoms with Gasteiger partial charge in [0.15, 0.2) is 6.10 Å². The molecule has 2 aromatic carbocycles. The standard InChI is InChI=1S/C17H15FN2O3/c1-10(21)19-14-9-12(6-7-13(14)18)20-17(22)16-8-11-4-2-3-5-15(11)23-16/h2-7,9,16H,8H2,1H3,(H,19,21)(H,20,22)/t16-/m0/s1. The van der Waals surface area contributed by atoms with Crippen LogP contribution in [0.2, 0.25) is 0 Å². The number of nitrogens with one attached hydrogen (secondary N) is 2. The molecule has 0 bridgehead atoms. The van der Waals surface area contributed by atoms with Gasteiger partial charge in [0, 0.05) is 19.0 Å². The van der Waals surface area contributed by atoms with Gasteiger partial charge in [-0.15, -0.1) is 0 Å². The van der Waals surface area contributed by atoms with Gasteiger partial charge in [-0.1, -0.05) is 18.2 Å². The summed E-state index contributed by atoms with van der Waals surface area (Å²) < 4.78 is 19.2. The summed E-state index contributed by atoms with van der Waals surface area (Å²) >= 11 is 0. The molecule has 0 aromatic heterocycles. The Labute approximate surface area is 132 Å². The van der Waals surface area contributed by atoms with Gasteiger partial charge in [0.1, 0.15) is 11.6 Å². The van der Waals surface area contributed by atoms with Gasteiger partial charge in [0.2, 0.25) is 5.91 Å². The van der Waals surface area contributed by atoms with Crippen LogP contribution >= 0.6 is 0 Å². The van der Waals surface area contributed by atoms with E-state index in [2.05, 4.69) is 10.6 Å². The molecule has 1 heterocycles. The van der Waals surface area contributed by atoms with E-state index >= 15 is 0 Å². The summed E-state index contributed by atoms with van der Waals surface area (Å²) in [6, 6.07) is 11.5. The van der Waals surface area contributed by atoms with Crippen molar-refractivity contribution in [3.05, 3.63) is 53.8 Å². The maximum atomic E-state index is 13.6. The van der Waals surface area contributed by atoms with Crippen molar-refractivity contribution in [2.75, 3.05) is 10.6 Å². The van der Waals surface area contributed by atoms with Crippen LogP contribution in [0.5, 0.6) is 5.75 Å². The predicted molar refractivity (Wildman–Crippen MR) is 83.9 cm³/mol. The Hall–Kier alpha value is -2.89. The molecule has 5 nitrogen and oxygen atoms in total. The number of para-hydroxylation sites is 1. The normalized spacial score (nSPS) is 15.5. The van der Waals surface area contributed by atoms with Crippen molar-refractivity contribution < 1.29 is 18.7 Å². The van der Waals surface area contributed by atoms with E-state index in [1.807, 2.05) is 24.3 Å². The van der Waals surface area contributed by atoms with Crippen LogP contribution in [0.3, 0.4) is 0 Å². The highest BCUT2D eigenvalue weighted by Gasteiger charge is 2.28. The van der Waals surface area contributed by atoms with E-state index < -0.39 is 11.9 Å². The van der Waals surface area contributed by atoms with E-state index in [-0.39, 0.29) is 17.5 Å². The summed E-state index contributed by atoms with van der Waals surface area (Å²) in [4.78, 5) is 23.3. The van der Waals surface area contributed by atoms with E-state index in [9.17, 15) is 14.0 Å². The number of benzene rings is 2. The second kappa shape index (κ2) is 6.08. The first-order chi connectivity index (χ1) is 11.0. The Morgan fingerprint density at radius 3 is 2.70 bits per heavy atom. The second-order valence-electron chi connectivity index (χ2n) is 5.28. The number of rotatable bonds is 3. The van der Waals surface area contributed by atoms with Gasteiger partial charge in [-0.05, 0) is 29.8 Å². The molecule has 2 N–H and O–H groups in total. The Morgan fingerprint density at radius 2 is 1.96 bits per heavy atom. The number of carbonyl (C=O) groups excluding carboxylic acids is 2. The van der Waals surface area contributed by atoms with Crippen molar-refractivity contribution in [1.82, 2.24) is 0 Å². The van der Waals surface area contributed by atoms with Gasteiger partial charge in [0.05, 0.1) is 5.69 Å². The minimum absolute atomic E-state index is 0.0194. The molecule has 3 rings (SSSR count). The fourth-order valence-corrected chi connectivity index (χ4v) is 2.44. The number of amides is 2. The van der Waals surface area contributed by atoms with E-state index in [4.69, 9.17) is 4.74 Å². The number of anilines is 2. The molecule has 0 spiro atoms. The first kappa shape index (κ1) is 15.0. The lowest BCUT2D eigenvalue weighted by atomic mass is 10.1. The third-order valence-corrected chi connectivity index (χ3v) is 3.48. The van der Waals surface area contributed by atoms with E-state index in [1.165, 1.54) is 25.1 Å². The Morgan fingerprint density at radius 1 is 1.17 bits per heavy atom.